The molecule has 0 aromatic heterocycles. The van der Waals surface area contributed by atoms with E-state index in [4.69, 9.17) is 4.74 Å². The number of hydrogen-bond acceptors (Lipinski definition) is 4. The van der Waals surface area contributed by atoms with Gasteiger partial charge in [0, 0.05) is 25.2 Å². The van der Waals surface area contributed by atoms with Crippen molar-refractivity contribution < 1.29 is 19.1 Å². The normalized spacial score (nSPS) is 15.6. The number of ether oxygens (including phenoxy) is 1. The smallest absolute Gasteiger partial charge is 0.330 e. The van der Waals surface area contributed by atoms with Gasteiger partial charge in [0.15, 0.2) is 0 Å². The summed E-state index contributed by atoms with van der Waals surface area (Å²) in [4.78, 5) is 35.3. The third kappa shape index (κ3) is 4.99. The molecule has 1 saturated heterocycles. The van der Waals surface area contributed by atoms with E-state index in [-0.39, 0.29) is 18.4 Å². The van der Waals surface area contributed by atoms with Crippen LogP contribution < -0.4 is 5.32 Å². The molecule has 1 N–H and O–H groups in total. The molecule has 1 rings (SSSR count). The van der Waals surface area contributed by atoms with Crippen molar-refractivity contribution in [2.75, 3.05) is 26.2 Å². The topological polar surface area (TPSA) is 75.7 Å². The van der Waals surface area contributed by atoms with Crippen molar-refractivity contribution in [1.82, 2.24) is 10.2 Å². The van der Waals surface area contributed by atoms with E-state index in [1.807, 2.05) is 6.92 Å². The van der Waals surface area contributed by atoms with E-state index in [9.17, 15) is 14.4 Å². The predicted octanol–water partition coefficient (Wildman–Crippen LogP) is -0.156. The van der Waals surface area contributed by atoms with E-state index >= 15 is 0 Å². The van der Waals surface area contributed by atoms with Crippen molar-refractivity contribution in [1.29, 1.82) is 0 Å². The molecule has 6 heteroatoms. The summed E-state index contributed by atoms with van der Waals surface area (Å²) < 4.78 is 4.87. The van der Waals surface area contributed by atoms with E-state index in [0.717, 1.165) is 25.0 Å². The van der Waals surface area contributed by atoms with Gasteiger partial charge in [0.25, 0.3) is 0 Å². The van der Waals surface area contributed by atoms with Gasteiger partial charge < -0.3 is 15.0 Å². The molecule has 18 heavy (non-hydrogen) atoms. The monoisotopic (exact) mass is 254 g/mol. The molecule has 100 valence electrons. The van der Waals surface area contributed by atoms with Crippen LogP contribution in [0.25, 0.3) is 0 Å². The SMILES string of the molecule is CCCCOC(=O)/C=C/C(=O)N1CCNC(=O)C1. The van der Waals surface area contributed by atoms with Crippen LogP contribution in [-0.2, 0) is 19.1 Å². The molecule has 0 aliphatic carbocycles. The Labute approximate surface area is 106 Å². The third-order valence-electron chi connectivity index (χ3n) is 2.45. The second-order valence-electron chi connectivity index (χ2n) is 3.96. The summed E-state index contributed by atoms with van der Waals surface area (Å²) in [5.41, 5.74) is 0. The minimum Gasteiger partial charge on any atom is -0.463 e. The lowest BCUT2D eigenvalue weighted by atomic mass is 10.3. The molecule has 0 saturated carbocycles. The molecule has 2 amide bonds. The molecule has 0 atom stereocenters. The van der Waals surface area contributed by atoms with Crippen molar-refractivity contribution in [2.24, 2.45) is 0 Å². The molecule has 0 bridgehead atoms. The first-order valence-corrected chi connectivity index (χ1v) is 6.04. The Balaban J connectivity index is 2.34. The van der Waals surface area contributed by atoms with Crippen molar-refractivity contribution in [3.8, 4) is 0 Å². The van der Waals surface area contributed by atoms with Crippen LogP contribution >= 0.6 is 0 Å². The number of rotatable bonds is 5. The molecule has 1 aliphatic rings. The zero-order valence-electron chi connectivity index (χ0n) is 10.5. The predicted molar refractivity (Wildman–Crippen MR) is 64.6 cm³/mol. The molecule has 0 aromatic carbocycles. The van der Waals surface area contributed by atoms with E-state index in [2.05, 4.69) is 5.32 Å². The first kappa shape index (κ1) is 14.2. The Hall–Kier alpha value is -1.85. The Morgan fingerprint density at radius 1 is 1.44 bits per heavy atom. The van der Waals surface area contributed by atoms with E-state index < -0.39 is 5.97 Å². The lowest BCUT2D eigenvalue weighted by Crippen LogP contribution is -2.49. The molecule has 1 heterocycles. The van der Waals surface area contributed by atoms with Gasteiger partial charge in [0.05, 0.1) is 13.2 Å². The summed E-state index contributed by atoms with van der Waals surface area (Å²) in [6.45, 7) is 3.29. The van der Waals surface area contributed by atoms with E-state index in [1.54, 1.807) is 0 Å². The van der Waals surface area contributed by atoms with Gasteiger partial charge in [-0.15, -0.1) is 0 Å². The molecule has 1 fully saturated rings. The van der Waals surface area contributed by atoms with Crippen molar-refractivity contribution in [3.63, 3.8) is 0 Å². The van der Waals surface area contributed by atoms with Crippen LogP contribution in [0, 0.1) is 0 Å². The summed E-state index contributed by atoms with van der Waals surface area (Å²) in [7, 11) is 0. The average molecular weight is 254 g/mol. The van der Waals surface area contributed by atoms with Crippen molar-refractivity contribution in [3.05, 3.63) is 12.2 Å². The standard InChI is InChI=1S/C12H18N2O4/c1-2-3-8-18-12(17)5-4-11(16)14-7-6-13-10(15)9-14/h4-5H,2-3,6-9H2,1H3,(H,13,15)/b5-4+. The number of hydrogen-bond donors (Lipinski definition) is 1. The van der Waals surface area contributed by atoms with Crippen LogP contribution in [0.5, 0.6) is 0 Å². The molecular formula is C12H18N2O4. The molecule has 0 radical (unpaired) electrons. The Bertz CT molecular complexity index is 352. The quantitative estimate of drug-likeness (QED) is 0.420. The Morgan fingerprint density at radius 3 is 2.89 bits per heavy atom. The Morgan fingerprint density at radius 2 is 2.22 bits per heavy atom. The number of carbonyl (C=O) groups excluding carboxylic acids is 3. The lowest BCUT2D eigenvalue weighted by molar-refractivity contribution is -0.138. The van der Waals surface area contributed by atoms with Crippen LogP contribution in [0.3, 0.4) is 0 Å². The van der Waals surface area contributed by atoms with Crippen molar-refractivity contribution >= 4 is 17.8 Å². The molecular weight excluding hydrogens is 236 g/mol. The maximum atomic E-state index is 11.6. The summed E-state index contributed by atoms with van der Waals surface area (Å²) in [5.74, 6) is -1.07. The van der Waals surface area contributed by atoms with Gasteiger partial charge in [-0.3, -0.25) is 9.59 Å². The van der Waals surface area contributed by atoms with Crippen LogP contribution in [0.2, 0.25) is 0 Å². The van der Waals surface area contributed by atoms with Gasteiger partial charge in [-0.05, 0) is 6.42 Å². The second-order valence-corrected chi connectivity index (χ2v) is 3.96. The first-order chi connectivity index (χ1) is 8.63. The average Bonchev–Trinajstić information content (AvgIpc) is 2.36. The summed E-state index contributed by atoms with van der Waals surface area (Å²) in [6.07, 6.45) is 4.00. The zero-order chi connectivity index (χ0) is 13.4. The van der Waals surface area contributed by atoms with Crippen LogP contribution in [0.15, 0.2) is 12.2 Å². The van der Waals surface area contributed by atoms with Crippen molar-refractivity contribution in [2.45, 2.75) is 19.8 Å². The fraction of sp³-hybridized carbons (Fsp3) is 0.583. The molecule has 6 nitrogen and oxygen atoms in total. The maximum Gasteiger partial charge on any atom is 0.330 e. The molecule has 0 aromatic rings. The van der Waals surface area contributed by atoms with Gasteiger partial charge in [-0.1, -0.05) is 13.3 Å². The minimum absolute atomic E-state index is 0.0358. The minimum atomic E-state index is -0.529. The fourth-order valence-electron chi connectivity index (χ4n) is 1.44. The zero-order valence-corrected chi connectivity index (χ0v) is 10.5. The second kappa shape index (κ2) is 7.47. The Kier molecular flexibility index (Phi) is 5.90. The number of carbonyl (C=O) groups is 3. The lowest BCUT2D eigenvalue weighted by Gasteiger charge is -2.25. The van der Waals surface area contributed by atoms with Crippen LogP contribution in [-0.4, -0.2) is 48.9 Å². The van der Waals surface area contributed by atoms with E-state index in [1.165, 1.54) is 4.90 Å². The number of nitrogens with zero attached hydrogens (tertiary/aromatic N) is 1. The highest BCUT2D eigenvalue weighted by Crippen LogP contribution is 1.96. The third-order valence-corrected chi connectivity index (χ3v) is 2.45. The number of amides is 2. The highest BCUT2D eigenvalue weighted by Gasteiger charge is 2.19. The highest BCUT2D eigenvalue weighted by atomic mass is 16.5. The first-order valence-electron chi connectivity index (χ1n) is 6.04. The van der Waals surface area contributed by atoms with Gasteiger partial charge >= 0.3 is 5.97 Å². The molecule has 0 spiro atoms. The number of unbranched alkanes of at least 4 members (excludes halogenated alkanes) is 1. The van der Waals surface area contributed by atoms with Gasteiger partial charge in [-0.25, -0.2) is 4.79 Å². The molecule has 1 aliphatic heterocycles. The van der Waals surface area contributed by atoms with Gasteiger partial charge in [0.2, 0.25) is 11.8 Å². The van der Waals surface area contributed by atoms with Crippen LogP contribution in [0.1, 0.15) is 19.8 Å². The van der Waals surface area contributed by atoms with E-state index in [0.29, 0.717) is 19.7 Å². The maximum absolute atomic E-state index is 11.6. The summed E-state index contributed by atoms with van der Waals surface area (Å²) in [6, 6.07) is 0. The molecule has 0 unspecified atom stereocenters. The summed E-state index contributed by atoms with van der Waals surface area (Å²) in [5, 5.41) is 2.62. The van der Waals surface area contributed by atoms with Gasteiger partial charge in [-0.2, -0.15) is 0 Å². The fourth-order valence-corrected chi connectivity index (χ4v) is 1.44. The van der Waals surface area contributed by atoms with Gasteiger partial charge in [0.1, 0.15) is 0 Å². The number of piperazine rings is 1. The highest BCUT2D eigenvalue weighted by molar-refractivity contribution is 5.96. The largest absolute Gasteiger partial charge is 0.463 e. The number of nitrogens with one attached hydrogen (secondary N) is 1. The number of esters is 1. The summed E-state index contributed by atoms with van der Waals surface area (Å²) >= 11 is 0. The van der Waals surface area contributed by atoms with Crippen LogP contribution in [0.4, 0.5) is 0 Å².